The van der Waals surface area contributed by atoms with Crippen LogP contribution in [0.3, 0.4) is 0 Å². The van der Waals surface area contributed by atoms with E-state index < -0.39 is 0 Å². The van der Waals surface area contributed by atoms with Gasteiger partial charge >= 0.3 is 0 Å². The van der Waals surface area contributed by atoms with Crippen LogP contribution in [0.15, 0.2) is 33.5 Å². The highest BCUT2D eigenvalue weighted by Crippen LogP contribution is 2.23. The van der Waals surface area contributed by atoms with Gasteiger partial charge in [0.05, 0.1) is 12.0 Å². The molecule has 0 unspecified atom stereocenters. The van der Waals surface area contributed by atoms with Crippen LogP contribution < -0.4 is 15.1 Å². The largest absolute Gasteiger partial charge is 0.493 e. The Hall–Kier alpha value is -1.97. The van der Waals surface area contributed by atoms with Crippen LogP contribution in [0, 0.1) is 0 Å². The number of nitrogens with zero attached hydrogens (tertiary/aromatic N) is 1. The Balaban J connectivity index is 2.27. The molecule has 2 aromatic rings. The molecular weight excluding hydrogens is 278 g/mol. The summed E-state index contributed by atoms with van der Waals surface area (Å²) in [5, 5.41) is 0.594. The van der Waals surface area contributed by atoms with Crippen molar-refractivity contribution in [1.82, 2.24) is 0 Å². The van der Waals surface area contributed by atoms with Crippen molar-refractivity contribution >= 4 is 16.9 Å². The van der Waals surface area contributed by atoms with Crippen molar-refractivity contribution in [3.05, 3.63) is 34.5 Å². The second kappa shape index (κ2) is 7.87. The van der Waals surface area contributed by atoms with Gasteiger partial charge in [0.2, 0.25) is 0 Å². The van der Waals surface area contributed by atoms with Crippen LogP contribution in [0.25, 0.3) is 11.0 Å². The van der Waals surface area contributed by atoms with Crippen LogP contribution in [0.2, 0.25) is 0 Å². The van der Waals surface area contributed by atoms with Gasteiger partial charge in [-0.15, -0.1) is 0 Å². The minimum atomic E-state index is -0.0133. The van der Waals surface area contributed by atoms with Crippen molar-refractivity contribution in [2.75, 3.05) is 24.6 Å². The average Bonchev–Trinajstić information content (AvgIpc) is 2.52. The highest BCUT2D eigenvalue weighted by atomic mass is 16.5. The first-order valence-electron chi connectivity index (χ1n) is 8.15. The van der Waals surface area contributed by atoms with E-state index in [2.05, 4.69) is 6.92 Å². The number of hydrogen-bond acceptors (Lipinski definition) is 4. The number of hydrogen-bond donors (Lipinski definition) is 0. The van der Waals surface area contributed by atoms with Gasteiger partial charge < -0.3 is 14.1 Å². The molecule has 0 saturated carbocycles. The average molecular weight is 303 g/mol. The number of anilines is 1. The lowest BCUT2D eigenvalue weighted by Gasteiger charge is -2.19. The molecule has 120 valence electrons. The molecule has 0 bridgehead atoms. The van der Waals surface area contributed by atoms with Crippen LogP contribution in [-0.4, -0.2) is 19.7 Å². The smallest absolute Gasteiger partial charge is 0.199 e. The SMILES string of the molecule is CCCCCOc1ccc2c(=O)cc(N(CC)CC)oc2c1. The molecule has 0 aliphatic carbocycles. The van der Waals surface area contributed by atoms with Crippen molar-refractivity contribution in [1.29, 1.82) is 0 Å². The summed E-state index contributed by atoms with van der Waals surface area (Å²) in [5.41, 5.74) is 0.572. The van der Waals surface area contributed by atoms with Crippen LogP contribution >= 0.6 is 0 Å². The number of unbranched alkanes of at least 4 members (excludes halogenated alkanes) is 2. The summed E-state index contributed by atoms with van der Waals surface area (Å²) in [6, 6.07) is 7.00. The Morgan fingerprint density at radius 3 is 2.55 bits per heavy atom. The molecule has 1 aromatic carbocycles. The second-order valence-corrected chi connectivity index (χ2v) is 5.33. The van der Waals surface area contributed by atoms with Gasteiger partial charge in [-0.25, -0.2) is 0 Å². The summed E-state index contributed by atoms with van der Waals surface area (Å²) in [7, 11) is 0. The lowest BCUT2D eigenvalue weighted by Crippen LogP contribution is -2.23. The first-order valence-corrected chi connectivity index (χ1v) is 8.15. The molecular formula is C18H25NO3. The van der Waals surface area contributed by atoms with Gasteiger partial charge in [-0.1, -0.05) is 19.8 Å². The predicted octanol–water partition coefficient (Wildman–Crippen LogP) is 4.21. The Morgan fingerprint density at radius 2 is 1.86 bits per heavy atom. The van der Waals surface area contributed by atoms with Gasteiger partial charge in [0.1, 0.15) is 11.3 Å². The van der Waals surface area contributed by atoms with E-state index in [4.69, 9.17) is 9.15 Å². The van der Waals surface area contributed by atoms with Crippen molar-refractivity contribution in [2.24, 2.45) is 0 Å². The molecule has 0 radical (unpaired) electrons. The Morgan fingerprint density at radius 1 is 1.09 bits per heavy atom. The van der Waals surface area contributed by atoms with E-state index in [0.717, 1.165) is 31.7 Å². The zero-order chi connectivity index (χ0) is 15.9. The Kier molecular flexibility index (Phi) is 5.87. The first kappa shape index (κ1) is 16.4. The van der Waals surface area contributed by atoms with Gasteiger partial charge in [0.15, 0.2) is 11.3 Å². The fraction of sp³-hybridized carbons (Fsp3) is 0.500. The summed E-state index contributed by atoms with van der Waals surface area (Å²) in [4.78, 5) is 14.2. The predicted molar refractivity (Wildman–Crippen MR) is 91.1 cm³/mol. The lowest BCUT2D eigenvalue weighted by molar-refractivity contribution is 0.306. The van der Waals surface area contributed by atoms with E-state index in [0.29, 0.717) is 23.5 Å². The maximum Gasteiger partial charge on any atom is 0.199 e. The van der Waals surface area contributed by atoms with Gasteiger partial charge in [0, 0.05) is 25.2 Å². The molecule has 0 spiro atoms. The second-order valence-electron chi connectivity index (χ2n) is 5.33. The molecule has 0 atom stereocenters. The normalized spacial score (nSPS) is 10.9. The monoisotopic (exact) mass is 303 g/mol. The minimum Gasteiger partial charge on any atom is -0.493 e. The van der Waals surface area contributed by atoms with Gasteiger partial charge in [-0.05, 0) is 32.4 Å². The van der Waals surface area contributed by atoms with E-state index in [-0.39, 0.29) is 5.43 Å². The molecule has 0 saturated heterocycles. The van der Waals surface area contributed by atoms with Crippen LogP contribution in [-0.2, 0) is 0 Å². The summed E-state index contributed by atoms with van der Waals surface area (Å²) in [5.74, 6) is 1.37. The van der Waals surface area contributed by atoms with Gasteiger partial charge in [0.25, 0.3) is 0 Å². The fourth-order valence-electron chi connectivity index (χ4n) is 2.45. The maximum absolute atomic E-state index is 12.2. The third-order valence-corrected chi connectivity index (χ3v) is 3.78. The molecule has 4 nitrogen and oxygen atoms in total. The minimum absolute atomic E-state index is 0.0133. The third-order valence-electron chi connectivity index (χ3n) is 3.78. The molecule has 0 aliphatic heterocycles. The maximum atomic E-state index is 12.2. The van der Waals surface area contributed by atoms with E-state index in [1.165, 1.54) is 6.42 Å². The van der Waals surface area contributed by atoms with Crippen molar-refractivity contribution in [3.63, 3.8) is 0 Å². The van der Waals surface area contributed by atoms with Crippen molar-refractivity contribution in [2.45, 2.75) is 40.0 Å². The van der Waals surface area contributed by atoms with E-state index in [1.807, 2.05) is 30.9 Å². The van der Waals surface area contributed by atoms with E-state index in [9.17, 15) is 4.79 Å². The standard InChI is InChI=1S/C18H25NO3/c1-4-7-8-11-21-14-9-10-15-16(20)13-18(19(5-2)6-3)22-17(15)12-14/h9-10,12-13H,4-8,11H2,1-3H3. The van der Waals surface area contributed by atoms with Crippen LogP contribution in [0.4, 0.5) is 5.88 Å². The Labute approximate surface area is 131 Å². The van der Waals surface area contributed by atoms with Crippen molar-refractivity contribution in [3.8, 4) is 5.75 Å². The highest BCUT2D eigenvalue weighted by molar-refractivity contribution is 5.79. The molecule has 2 rings (SSSR count). The highest BCUT2D eigenvalue weighted by Gasteiger charge is 2.10. The number of fused-ring (bicyclic) bond motifs is 1. The van der Waals surface area contributed by atoms with Crippen LogP contribution in [0.5, 0.6) is 5.75 Å². The number of ether oxygens (including phenoxy) is 1. The first-order chi connectivity index (χ1) is 10.7. The molecule has 4 heteroatoms. The van der Waals surface area contributed by atoms with Gasteiger partial charge in [-0.2, -0.15) is 0 Å². The molecule has 1 heterocycles. The van der Waals surface area contributed by atoms with E-state index in [1.54, 1.807) is 12.1 Å². The number of rotatable bonds is 8. The molecule has 22 heavy (non-hydrogen) atoms. The van der Waals surface area contributed by atoms with Gasteiger partial charge in [-0.3, -0.25) is 4.79 Å². The topological polar surface area (TPSA) is 42.7 Å². The fourth-order valence-corrected chi connectivity index (χ4v) is 2.45. The lowest BCUT2D eigenvalue weighted by atomic mass is 10.2. The zero-order valence-electron chi connectivity index (χ0n) is 13.7. The number of benzene rings is 1. The van der Waals surface area contributed by atoms with Crippen LogP contribution in [0.1, 0.15) is 40.0 Å². The molecule has 0 fully saturated rings. The Bertz CT molecular complexity index is 659. The molecule has 0 N–H and O–H groups in total. The summed E-state index contributed by atoms with van der Waals surface area (Å²) < 4.78 is 11.6. The van der Waals surface area contributed by atoms with E-state index >= 15 is 0 Å². The third kappa shape index (κ3) is 3.81. The summed E-state index contributed by atoms with van der Waals surface area (Å²) >= 11 is 0. The summed E-state index contributed by atoms with van der Waals surface area (Å²) in [6.07, 6.45) is 3.37. The zero-order valence-corrected chi connectivity index (χ0v) is 13.7. The van der Waals surface area contributed by atoms with Crippen molar-refractivity contribution < 1.29 is 9.15 Å². The molecule has 0 amide bonds. The molecule has 0 aliphatic rings. The quantitative estimate of drug-likeness (QED) is 0.685. The summed E-state index contributed by atoms with van der Waals surface area (Å²) in [6.45, 7) is 8.55. The molecule has 1 aromatic heterocycles.